The number of nitrogens with two attached hydrogens (primary N) is 1. The van der Waals surface area contributed by atoms with Crippen molar-refractivity contribution < 1.29 is 120 Å². The van der Waals surface area contributed by atoms with Crippen LogP contribution in [-0.4, -0.2) is 305 Å². The molecule has 3 aromatic rings. The molecule has 12 atom stereocenters. The third-order valence-electron chi connectivity index (χ3n) is 18.9. The summed E-state index contributed by atoms with van der Waals surface area (Å²) in [5.74, 6) is -15.4. The number of aromatic nitrogens is 4. The minimum absolute atomic E-state index is 0.118. The summed E-state index contributed by atoms with van der Waals surface area (Å²) in [6, 6.07) is -4.60. The van der Waals surface area contributed by atoms with Gasteiger partial charge in [-0.3, -0.25) is 56.9 Å². The number of carboxylic acid groups (broad SMARTS) is 1. The van der Waals surface area contributed by atoms with E-state index in [-0.39, 0.29) is 65.0 Å². The highest BCUT2D eigenvalue weighted by Gasteiger charge is 2.45. The molecule has 5 heterocycles. The van der Waals surface area contributed by atoms with Crippen LogP contribution in [0.25, 0.3) is 10.9 Å². The molecule has 0 saturated carbocycles. The van der Waals surface area contributed by atoms with Gasteiger partial charge in [0, 0.05) is 79.8 Å². The Balaban J connectivity index is 0.958. The Bertz CT molecular complexity index is 3630. The topological polar surface area (TPSA) is 560 Å². The number of carbonyl (C=O) groups is 12. The van der Waals surface area contributed by atoms with Crippen molar-refractivity contribution in [1.29, 1.82) is 0 Å². The molecule has 1 saturated heterocycles. The van der Waals surface area contributed by atoms with Gasteiger partial charge < -0.3 is 117 Å². The number of ether oxygens (including phenoxy) is 7. The van der Waals surface area contributed by atoms with E-state index in [1.807, 2.05) is 0 Å². The zero-order chi connectivity index (χ0) is 81.7. The molecule has 16 N–H and O–H groups in total. The van der Waals surface area contributed by atoms with Gasteiger partial charge in [0.2, 0.25) is 47.3 Å². The molecular formula is C71H110N14O25S2. The second kappa shape index (κ2) is 49.3. The molecular weight excluding hydrogens is 1510 g/mol. The first-order valence-electron chi connectivity index (χ1n) is 37.5. The first kappa shape index (κ1) is 92.5. The number of aliphatic carboxylic acids is 1. The number of hydrogen-bond acceptors (Lipinski definition) is 27. The molecule has 0 aliphatic carbocycles. The summed E-state index contributed by atoms with van der Waals surface area (Å²) in [6.07, 6.45) is -2.85. The highest BCUT2D eigenvalue weighted by molar-refractivity contribution is 7.98. The quantitative estimate of drug-likeness (QED) is 0.0247. The highest BCUT2D eigenvalue weighted by Crippen LogP contribution is 2.37. The summed E-state index contributed by atoms with van der Waals surface area (Å²) in [4.78, 5) is 167. The normalized spacial score (nSPS) is 21.7. The second-order valence-corrected chi connectivity index (χ2v) is 30.0. The Labute approximate surface area is 654 Å². The number of primary amides is 1. The zero-order valence-electron chi connectivity index (χ0n) is 63.7. The Kier molecular flexibility index (Phi) is 40.7. The van der Waals surface area contributed by atoms with E-state index in [9.17, 15) is 78.0 Å². The monoisotopic (exact) mass is 1620 g/mol. The van der Waals surface area contributed by atoms with E-state index in [1.165, 1.54) is 37.7 Å². The fourth-order valence-electron chi connectivity index (χ4n) is 12.3. The van der Waals surface area contributed by atoms with Crippen molar-refractivity contribution in [3.8, 4) is 5.75 Å². The van der Waals surface area contributed by atoms with Crippen LogP contribution in [0.1, 0.15) is 95.9 Å². The highest BCUT2D eigenvalue weighted by atomic mass is 32.2. The molecule has 3 aliphatic heterocycles. The maximum Gasteiger partial charge on any atom is 0.314 e. The van der Waals surface area contributed by atoms with E-state index < -0.39 is 206 Å². The van der Waals surface area contributed by atoms with E-state index in [4.69, 9.17) is 44.0 Å². The van der Waals surface area contributed by atoms with Gasteiger partial charge in [-0.25, -0.2) is 9.48 Å². The number of unbranched alkanes of at least 4 members (excludes halogenated alkanes) is 1. The predicted molar refractivity (Wildman–Crippen MR) is 400 cm³/mol. The standard InChI is InChI=1S/C71H110N14O25S2/c1-5-42(2)50-31-47(87)35-76-64(95)45-29-51-49-8-9-56(89)52(63(49)81-68(51)112(103)41-54(78-61(94)36-77-65(50)96)66(97)79-53(33-59(72)92)69(99)85-38-48(88)32-55(85)67(98)80-62(57(90)30-45)44(4)58(91)39-86)40-111-27-7-6-10-73-71(102)74-11-13-104-15-17-106-19-21-108-23-25-110-26-24-109-22-20-107-18-16-105-14-12-84-37-46(82-83-84)34-75-60(93)28-43(3)70(100)101/h8-9,37,42-45,48,50,53-55,58,62,81,86,88-89,91H,5-7,10-36,38-41H2,1-4H3,(H2,72,92)(H,75,93)(H,76,95)(H,77,96)(H,78,94)(H,79,97)(H,80,98)(H,100,101)(H2,73,74,102)/t42-,43?,44-,45+,48+,50-,53-,54-,55-,58-,62-,112?/m0/s1. The fraction of sp³-hybridized carbons (Fsp3) is 0.690. The van der Waals surface area contributed by atoms with Gasteiger partial charge in [-0.1, -0.05) is 39.3 Å². The van der Waals surface area contributed by atoms with Gasteiger partial charge >= 0.3 is 12.0 Å². The maximum atomic E-state index is 15.3. The molecule has 2 aromatic heterocycles. The van der Waals surface area contributed by atoms with E-state index in [2.05, 4.69) is 57.8 Å². The van der Waals surface area contributed by atoms with Crippen molar-refractivity contribution in [2.45, 2.75) is 146 Å². The Hall–Kier alpha value is -8.36. The number of urea groups is 1. The molecule has 10 amide bonds. The number of aromatic amines is 1. The maximum absolute atomic E-state index is 15.3. The molecule has 1 aromatic carbocycles. The first-order valence-corrected chi connectivity index (χ1v) is 40.0. The molecule has 0 spiro atoms. The fourth-order valence-corrected chi connectivity index (χ4v) is 14.7. The molecule has 39 nitrogen and oxygen atoms in total. The van der Waals surface area contributed by atoms with Crippen molar-refractivity contribution in [2.75, 3.05) is 143 Å². The van der Waals surface area contributed by atoms with Crippen LogP contribution >= 0.6 is 11.8 Å². The van der Waals surface area contributed by atoms with Gasteiger partial charge in [0.1, 0.15) is 34.6 Å². The van der Waals surface area contributed by atoms with E-state index in [0.29, 0.717) is 135 Å². The molecule has 2 unspecified atom stereocenters. The van der Waals surface area contributed by atoms with Crippen molar-refractivity contribution in [3.05, 3.63) is 35.2 Å². The lowest BCUT2D eigenvalue weighted by molar-refractivity contribution is -0.144. The molecule has 2 bridgehead atoms. The number of benzene rings is 1. The van der Waals surface area contributed by atoms with Crippen molar-refractivity contribution in [1.82, 2.24) is 67.4 Å². The number of thioether (sulfide) groups is 1. The first-order chi connectivity index (χ1) is 53.7. The lowest BCUT2D eigenvalue weighted by Crippen LogP contribution is -2.60. The molecule has 6 rings (SSSR count). The number of Topliss-reactive ketones (excluding diaryl/α,β-unsaturated/α-hetero) is 2. The second-order valence-electron chi connectivity index (χ2n) is 27.4. The zero-order valence-corrected chi connectivity index (χ0v) is 65.3. The van der Waals surface area contributed by atoms with Crippen molar-refractivity contribution >= 4 is 104 Å². The number of nitrogens with one attached hydrogen (secondary N) is 9. The Morgan fingerprint density at radius 2 is 1.38 bits per heavy atom. The van der Waals surface area contributed by atoms with Crippen LogP contribution in [-0.2, 0) is 122 Å². The number of amides is 10. The van der Waals surface area contributed by atoms with Crippen LogP contribution in [0.2, 0.25) is 0 Å². The number of aliphatic hydroxyl groups is 3. The van der Waals surface area contributed by atoms with E-state index in [1.54, 1.807) is 24.7 Å². The number of aliphatic hydroxyl groups excluding tert-OH is 3. The average Bonchev–Trinajstić information content (AvgIpc) is 1.61. The minimum atomic E-state index is -2.46. The van der Waals surface area contributed by atoms with Crippen molar-refractivity contribution in [2.24, 2.45) is 35.3 Å². The molecule has 1 fully saturated rings. The molecule has 41 heteroatoms. The number of H-pyrrole nitrogens is 1. The molecule has 626 valence electrons. The molecule has 0 radical (unpaired) electrons. The van der Waals surface area contributed by atoms with Crippen LogP contribution < -0.4 is 48.3 Å². The lowest BCUT2D eigenvalue weighted by atomic mass is 9.85. The van der Waals surface area contributed by atoms with E-state index in [0.717, 1.165) is 4.90 Å². The summed E-state index contributed by atoms with van der Waals surface area (Å²) in [5, 5.41) is 81.3. The van der Waals surface area contributed by atoms with Crippen LogP contribution in [0, 0.1) is 29.6 Å². The van der Waals surface area contributed by atoms with Crippen LogP contribution in [0.4, 0.5) is 4.79 Å². The number of rotatable bonds is 43. The number of fused-ring (bicyclic) bond motifs is 5. The van der Waals surface area contributed by atoms with Crippen LogP contribution in [0.3, 0.4) is 0 Å². The van der Waals surface area contributed by atoms with Gasteiger partial charge in [-0.05, 0) is 48.6 Å². The summed E-state index contributed by atoms with van der Waals surface area (Å²) >= 11 is 1.40. The van der Waals surface area contributed by atoms with E-state index >= 15 is 4.21 Å². The number of ketones is 2. The number of hydrogen-bond donors (Lipinski definition) is 15. The van der Waals surface area contributed by atoms with Gasteiger partial charge in [0.05, 0.1) is 184 Å². The van der Waals surface area contributed by atoms with Crippen LogP contribution in [0.5, 0.6) is 5.75 Å². The lowest BCUT2D eigenvalue weighted by Gasteiger charge is -2.32. The number of carbonyl (C=O) groups excluding carboxylic acids is 11. The summed E-state index contributed by atoms with van der Waals surface area (Å²) in [7, 11) is -2.46. The third kappa shape index (κ3) is 31.2. The largest absolute Gasteiger partial charge is 0.508 e. The predicted octanol–water partition coefficient (Wildman–Crippen LogP) is -3.29. The Morgan fingerprint density at radius 1 is 0.759 bits per heavy atom. The molecule has 3 aliphatic rings. The number of aromatic hydroxyl groups is 1. The summed E-state index contributed by atoms with van der Waals surface area (Å²) < 4.78 is 55.7. The summed E-state index contributed by atoms with van der Waals surface area (Å²) in [6.45, 7) is 9.54. The SMILES string of the molecule is CC[C@H](C)[C@@H]1CC(=O)CNC(=O)[C@H]2CC(=O)[C@H]([C@@H](C)[C@@H](O)CO)NC(=O)[C@@H]3C[C@@H](O)CN3C(=O)[C@H](CC(N)=O)NC(=O)[C@H](CS(=O)c3[nH]c4c(CSCCCCNC(=O)NCCOCCOCCOCCOCCOCCOCCOCCn5cc(CNC(=O)CC(C)C(=O)O)nn5)c(O)ccc4c3C2)NC(=O)CNC1=O. The molecule has 112 heavy (non-hydrogen) atoms. The van der Waals surface area contributed by atoms with Crippen LogP contribution in [0.15, 0.2) is 23.4 Å². The van der Waals surface area contributed by atoms with Gasteiger partial charge in [0.15, 0.2) is 11.6 Å². The minimum Gasteiger partial charge on any atom is -0.508 e. The summed E-state index contributed by atoms with van der Waals surface area (Å²) in [5.41, 5.74) is 6.78. The third-order valence-corrected chi connectivity index (χ3v) is 21.4. The number of phenolic OH excluding ortho intramolecular Hbond substituents is 1. The Morgan fingerprint density at radius 3 is 2.01 bits per heavy atom. The number of phenols is 1. The van der Waals surface area contributed by atoms with Crippen molar-refractivity contribution in [3.63, 3.8) is 0 Å². The van der Waals surface area contributed by atoms with Gasteiger partial charge in [0.25, 0.3) is 0 Å². The number of carboxylic acids is 1. The van der Waals surface area contributed by atoms with Gasteiger partial charge in [-0.2, -0.15) is 11.8 Å². The average molecular weight is 1620 g/mol. The smallest absolute Gasteiger partial charge is 0.314 e. The number of nitrogens with zero attached hydrogens (tertiary/aromatic N) is 4. The van der Waals surface area contributed by atoms with Gasteiger partial charge in [-0.15, -0.1) is 5.10 Å².